The van der Waals surface area contributed by atoms with E-state index in [0.717, 1.165) is 72.8 Å². The Morgan fingerprint density at radius 2 is 0.439 bits per heavy atom. The van der Waals surface area contributed by atoms with E-state index in [1.54, 1.807) is 0 Å². The molecule has 4 aromatic rings. The standard InChI is InChI=1S/C37H28O20/c38-29(39)17-1-18(30(40)41)6-25(5-17)54-13-37(14-55-26-7-19(31(42)43)2-20(8-26)32(44)45,15-56-27-9-21(33(46)47)3-22(10-27)34(48)49)16-57-28-11-23(35(50)51)4-24(12-28)36(52)53/h1-12H,13-16H2,(H,38,39)(H,40,41)(H,42,43)(H,44,45)(H,46,47)(H,48,49)(H,50,51)(H,52,53). The van der Waals surface area contributed by atoms with Gasteiger partial charge in [-0.3, -0.25) is 0 Å². The predicted octanol–water partition coefficient (Wildman–Crippen LogP) is 3.87. The number of carbonyl (C=O) groups is 8. The highest BCUT2D eigenvalue weighted by atomic mass is 16.5. The van der Waals surface area contributed by atoms with Crippen LogP contribution in [0.3, 0.4) is 0 Å². The highest BCUT2D eigenvalue weighted by Gasteiger charge is 2.37. The van der Waals surface area contributed by atoms with E-state index in [1.165, 1.54) is 0 Å². The van der Waals surface area contributed by atoms with Crippen LogP contribution in [0.15, 0.2) is 72.8 Å². The summed E-state index contributed by atoms with van der Waals surface area (Å²) in [6.45, 7) is -2.97. The molecule has 0 saturated heterocycles. The highest BCUT2D eigenvalue weighted by molar-refractivity contribution is 5.97. The smallest absolute Gasteiger partial charge is 0.335 e. The van der Waals surface area contributed by atoms with Crippen molar-refractivity contribution in [1.82, 2.24) is 0 Å². The highest BCUT2D eigenvalue weighted by Crippen LogP contribution is 2.30. The average Bonchev–Trinajstić information content (AvgIpc) is 3.16. The molecule has 4 rings (SSSR count). The van der Waals surface area contributed by atoms with Crippen molar-refractivity contribution >= 4 is 47.8 Å². The van der Waals surface area contributed by atoms with Gasteiger partial charge in [-0.1, -0.05) is 0 Å². The van der Waals surface area contributed by atoms with Crippen molar-refractivity contribution < 1.29 is 98.2 Å². The van der Waals surface area contributed by atoms with E-state index in [0.29, 0.717) is 0 Å². The van der Waals surface area contributed by atoms with Crippen LogP contribution in [0.2, 0.25) is 0 Å². The summed E-state index contributed by atoms with van der Waals surface area (Å²) in [5, 5.41) is 76.7. The molecule has 0 fully saturated rings. The molecule has 0 aliphatic rings. The third-order valence-electron chi connectivity index (χ3n) is 7.78. The fraction of sp³-hybridized carbons (Fsp3) is 0.135. The Bertz CT molecular complexity index is 1860. The molecule has 0 spiro atoms. The maximum atomic E-state index is 11.8. The number of hydrogen-bond donors (Lipinski definition) is 8. The summed E-state index contributed by atoms with van der Waals surface area (Å²) in [4.78, 5) is 94.4. The normalized spacial score (nSPS) is 10.8. The first-order chi connectivity index (χ1) is 26.7. The third-order valence-corrected chi connectivity index (χ3v) is 7.78. The number of benzene rings is 4. The molecule has 0 bridgehead atoms. The van der Waals surface area contributed by atoms with Gasteiger partial charge < -0.3 is 59.8 Å². The zero-order valence-electron chi connectivity index (χ0n) is 28.7. The zero-order chi connectivity index (χ0) is 42.2. The van der Waals surface area contributed by atoms with Crippen molar-refractivity contribution in [3.05, 3.63) is 117 Å². The van der Waals surface area contributed by atoms with Crippen molar-refractivity contribution in [2.75, 3.05) is 26.4 Å². The molecule has 4 aromatic carbocycles. The Morgan fingerprint density at radius 1 is 0.298 bits per heavy atom. The van der Waals surface area contributed by atoms with Gasteiger partial charge in [-0.25, -0.2) is 38.4 Å². The van der Waals surface area contributed by atoms with Crippen LogP contribution >= 0.6 is 0 Å². The summed E-state index contributed by atoms with van der Waals surface area (Å²) in [5.41, 5.74) is -6.07. The summed E-state index contributed by atoms with van der Waals surface area (Å²) >= 11 is 0. The van der Waals surface area contributed by atoms with Crippen LogP contribution in [0.1, 0.15) is 82.9 Å². The molecule has 8 N–H and O–H groups in total. The lowest BCUT2D eigenvalue weighted by Crippen LogP contribution is -2.45. The first kappa shape index (κ1) is 41.6. The van der Waals surface area contributed by atoms with E-state index in [-0.39, 0.29) is 23.0 Å². The number of ether oxygens (including phenoxy) is 4. The van der Waals surface area contributed by atoms with Crippen molar-refractivity contribution in [3.8, 4) is 23.0 Å². The van der Waals surface area contributed by atoms with Gasteiger partial charge in [0.25, 0.3) is 0 Å². The van der Waals surface area contributed by atoms with E-state index in [4.69, 9.17) is 18.9 Å². The summed E-state index contributed by atoms with van der Waals surface area (Å²) in [6.07, 6.45) is 0. The second-order valence-corrected chi connectivity index (χ2v) is 12.1. The minimum Gasteiger partial charge on any atom is -0.493 e. The summed E-state index contributed by atoms with van der Waals surface area (Å²) in [6, 6.07) is 10.9. The van der Waals surface area contributed by atoms with Crippen LogP contribution in [0.4, 0.5) is 0 Å². The van der Waals surface area contributed by atoms with Gasteiger partial charge in [0, 0.05) is 0 Å². The van der Waals surface area contributed by atoms with Crippen molar-refractivity contribution in [2.24, 2.45) is 5.41 Å². The van der Waals surface area contributed by atoms with Crippen LogP contribution < -0.4 is 18.9 Å². The van der Waals surface area contributed by atoms with Gasteiger partial charge in [0.2, 0.25) is 0 Å². The molecule has 0 saturated carbocycles. The van der Waals surface area contributed by atoms with Gasteiger partial charge in [-0.2, -0.15) is 0 Å². The van der Waals surface area contributed by atoms with Crippen LogP contribution in [-0.4, -0.2) is 115 Å². The van der Waals surface area contributed by atoms with Gasteiger partial charge in [0.05, 0.1) is 44.5 Å². The predicted molar refractivity (Wildman–Crippen MR) is 186 cm³/mol. The Hall–Kier alpha value is -8.16. The van der Waals surface area contributed by atoms with Crippen molar-refractivity contribution in [3.63, 3.8) is 0 Å². The molecule has 296 valence electrons. The quantitative estimate of drug-likeness (QED) is 0.0629. The Kier molecular flexibility index (Phi) is 12.6. The molecule has 0 aromatic heterocycles. The van der Waals surface area contributed by atoms with Gasteiger partial charge in [-0.05, 0) is 72.8 Å². The zero-order valence-corrected chi connectivity index (χ0v) is 28.7. The van der Waals surface area contributed by atoms with Gasteiger partial charge >= 0.3 is 47.8 Å². The van der Waals surface area contributed by atoms with E-state index < -0.39 is 124 Å². The lowest BCUT2D eigenvalue weighted by Gasteiger charge is -2.33. The Balaban J connectivity index is 1.89. The molecule has 20 nitrogen and oxygen atoms in total. The van der Waals surface area contributed by atoms with Crippen molar-refractivity contribution in [2.45, 2.75) is 0 Å². The minimum absolute atomic E-state index is 0.361. The Labute approximate surface area is 317 Å². The van der Waals surface area contributed by atoms with E-state index in [2.05, 4.69) is 0 Å². The molecule has 57 heavy (non-hydrogen) atoms. The molecule has 0 heterocycles. The Morgan fingerprint density at radius 3 is 0.561 bits per heavy atom. The molecule has 0 aliphatic carbocycles. The van der Waals surface area contributed by atoms with E-state index >= 15 is 0 Å². The summed E-state index contributed by atoms with van der Waals surface area (Å²) in [5.74, 6) is -13.8. The number of hydrogen-bond acceptors (Lipinski definition) is 12. The third kappa shape index (κ3) is 10.9. The maximum Gasteiger partial charge on any atom is 0.335 e. The first-order valence-corrected chi connectivity index (χ1v) is 15.7. The second kappa shape index (κ2) is 17.3. The maximum absolute atomic E-state index is 11.8. The number of rotatable bonds is 20. The van der Waals surface area contributed by atoms with Crippen LogP contribution in [0, 0.1) is 5.41 Å². The molecule has 0 unspecified atom stereocenters. The molecule has 0 amide bonds. The number of carboxylic acid groups (broad SMARTS) is 8. The topological polar surface area (TPSA) is 335 Å². The molecular weight excluding hydrogens is 764 g/mol. The lowest BCUT2D eigenvalue weighted by atomic mass is 9.91. The van der Waals surface area contributed by atoms with E-state index in [1.807, 2.05) is 0 Å². The van der Waals surface area contributed by atoms with Gasteiger partial charge in [0.1, 0.15) is 54.8 Å². The molecule has 20 heteroatoms. The number of aromatic carboxylic acids is 8. The van der Waals surface area contributed by atoms with Crippen LogP contribution in [0.5, 0.6) is 23.0 Å². The van der Waals surface area contributed by atoms with Crippen LogP contribution in [0.25, 0.3) is 0 Å². The molecule has 0 radical (unpaired) electrons. The summed E-state index contributed by atoms with van der Waals surface area (Å²) in [7, 11) is 0. The monoisotopic (exact) mass is 792 g/mol. The second-order valence-electron chi connectivity index (χ2n) is 12.1. The average molecular weight is 793 g/mol. The van der Waals surface area contributed by atoms with Gasteiger partial charge in [0.15, 0.2) is 0 Å². The number of carboxylic acids is 8. The van der Waals surface area contributed by atoms with Crippen LogP contribution in [-0.2, 0) is 0 Å². The molecule has 0 aliphatic heterocycles. The largest absolute Gasteiger partial charge is 0.493 e. The molecular formula is C37H28O20. The van der Waals surface area contributed by atoms with Gasteiger partial charge in [-0.15, -0.1) is 0 Å². The van der Waals surface area contributed by atoms with Crippen molar-refractivity contribution in [1.29, 1.82) is 0 Å². The fourth-order valence-electron chi connectivity index (χ4n) is 4.91. The first-order valence-electron chi connectivity index (χ1n) is 15.7. The minimum atomic E-state index is -1.88. The fourth-order valence-corrected chi connectivity index (χ4v) is 4.91. The SMILES string of the molecule is O=C(O)c1cc(OCC(COc2cc(C(=O)O)cc(C(=O)O)c2)(COc2cc(C(=O)O)cc(C(=O)O)c2)COc2cc(C(=O)O)cc(C(=O)O)c2)cc(C(=O)O)c1. The van der Waals surface area contributed by atoms with E-state index in [9.17, 15) is 79.2 Å². The molecule has 0 atom stereocenters. The summed E-state index contributed by atoms with van der Waals surface area (Å²) < 4.78 is 23.4. The lowest BCUT2D eigenvalue weighted by molar-refractivity contribution is -0.00381.